The summed E-state index contributed by atoms with van der Waals surface area (Å²) in [7, 11) is 2.20. The lowest BCUT2D eigenvalue weighted by Crippen LogP contribution is -2.27. The van der Waals surface area contributed by atoms with Crippen molar-refractivity contribution in [2.24, 2.45) is 11.7 Å². The Kier molecular flexibility index (Phi) is 2.48. The lowest BCUT2D eigenvalue weighted by Gasteiger charge is -2.25. The zero-order valence-corrected chi connectivity index (χ0v) is 9.84. The molecule has 2 atom stereocenters. The minimum absolute atomic E-state index is 0.480. The molecule has 2 heterocycles. The van der Waals surface area contributed by atoms with Gasteiger partial charge in [-0.15, -0.1) is 0 Å². The summed E-state index contributed by atoms with van der Waals surface area (Å²) < 4.78 is 2.37. The first-order valence-corrected chi connectivity index (χ1v) is 6.23. The molecule has 0 amide bonds. The second kappa shape index (κ2) is 3.86. The highest BCUT2D eigenvalue weighted by Crippen LogP contribution is 2.41. The molecule has 4 nitrogen and oxygen atoms in total. The lowest BCUT2D eigenvalue weighted by atomic mass is 9.98. The standard InChI is InChI=1S/C12H20N4/c1-15-5-4-9(6-13)12(15)11-7-14-8-16(11)10-2-3-10/h7-10,12H,2-6,13H2,1H3. The summed E-state index contributed by atoms with van der Waals surface area (Å²) in [5.41, 5.74) is 7.25. The highest BCUT2D eigenvalue weighted by Gasteiger charge is 2.36. The summed E-state index contributed by atoms with van der Waals surface area (Å²) in [6.45, 7) is 1.94. The Balaban J connectivity index is 1.91. The van der Waals surface area contributed by atoms with Gasteiger partial charge in [-0.1, -0.05) is 0 Å². The van der Waals surface area contributed by atoms with Crippen molar-refractivity contribution in [1.29, 1.82) is 0 Å². The van der Waals surface area contributed by atoms with E-state index in [-0.39, 0.29) is 0 Å². The number of aromatic nitrogens is 2. The fourth-order valence-electron chi connectivity index (χ4n) is 2.94. The Labute approximate surface area is 96.4 Å². The van der Waals surface area contributed by atoms with E-state index in [1.165, 1.54) is 25.0 Å². The van der Waals surface area contributed by atoms with Crippen LogP contribution in [0.25, 0.3) is 0 Å². The average Bonchev–Trinajstić information content (AvgIpc) is 2.90. The predicted octanol–water partition coefficient (Wildman–Crippen LogP) is 1.17. The smallest absolute Gasteiger partial charge is 0.0951 e. The Morgan fingerprint density at radius 2 is 2.25 bits per heavy atom. The lowest BCUT2D eigenvalue weighted by molar-refractivity contribution is 0.266. The van der Waals surface area contributed by atoms with E-state index in [0.717, 1.165) is 13.1 Å². The number of nitrogens with zero attached hydrogens (tertiary/aromatic N) is 3. The van der Waals surface area contributed by atoms with E-state index < -0.39 is 0 Å². The van der Waals surface area contributed by atoms with Crippen LogP contribution < -0.4 is 5.73 Å². The van der Waals surface area contributed by atoms with Gasteiger partial charge < -0.3 is 10.3 Å². The van der Waals surface area contributed by atoms with Crippen LogP contribution in [0.15, 0.2) is 12.5 Å². The van der Waals surface area contributed by atoms with E-state index in [2.05, 4.69) is 21.5 Å². The summed E-state index contributed by atoms with van der Waals surface area (Å²) in [5.74, 6) is 0.596. The second-order valence-corrected chi connectivity index (χ2v) is 5.17. The predicted molar refractivity (Wildman–Crippen MR) is 63.0 cm³/mol. The van der Waals surface area contributed by atoms with Crippen LogP contribution in [0.3, 0.4) is 0 Å². The van der Waals surface area contributed by atoms with E-state index in [0.29, 0.717) is 18.0 Å². The van der Waals surface area contributed by atoms with Gasteiger partial charge in [-0.2, -0.15) is 0 Å². The van der Waals surface area contributed by atoms with Crippen molar-refractivity contribution in [3.8, 4) is 0 Å². The Bertz CT molecular complexity index is 369. The van der Waals surface area contributed by atoms with Crippen LogP contribution >= 0.6 is 0 Å². The zero-order valence-electron chi connectivity index (χ0n) is 9.84. The zero-order chi connectivity index (χ0) is 11.1. The molecule has 2 N–H and O–H groups in total. The van der Waals surface area contributed by atoms with Gasteiger partial charge >= 0.3 is 0 Å². The van der Waals surface area contributed by atoms with Crippen molar-refractivity contribution in [2.45, 2.75) is 31.3 Å². The van der Waals surface area contributed by atoms with Gasteiger partial charge in [0.05, 0.1) is 18.1 Å². The van der Waals surface area contributed by atoms with Crippen molar-refractivity contribution in [1.82, 2.24) is 14.5 Å². The van der Waals surface area contributed by atoms with E-state index in [1.54, 1.807) is 0 Å². The van der Waals surface area contributed by atoms with Crippen LogP contribution in [0, 0.1) is 5.92 Å². The molecule has 2 aliphatic rings. The number of hydrogen-bond donors (Lipinski definition) is 1. The number of nitrogens with two attached hydrogens (primary N) is 1. The molecule has 4 heteroatoms. The monoisotopic (exact) mass is 220 g/mol. The van der Waals surface area contributed by atoms with Crippen LogP contribution in [0.1, 0.15) is 37.0 Å². The highest BCUT2D eigenvalue weighted by atomic mass is 15.2. The maximum Gasteiger partial charge on any atom is 0.0951 e. The first kappa shape index (κ1) is 10.3. The van der Waals surface area contributed by atoms with Crippen LogP contribution in [-0.2, 0) is 0 Å². The largest absolute Gasteiger partial charge is 0.330 e. The number of hydrogen-bond acceptors (Lipinski definition) is 3. The molecule has 1 aliphatic heterocycles. The van der Waals surface area contributed by atoms with E-state index in [4.69, 9.17) is 5.73 Å². The molecule has 3 rings (SSSR count). The van der Waals surface area contributed by atoms with Crippen LogP contribution in [-0.4, -0.2) is 34.6 Å². The first-order valence-electron chi connectivity index (χ1n) is 6.23. The molecule has 0 bridgehead atoms. The van der Waals surface area contributed by atoms with Crippen molar-refractivity contribution in [3.05, 3.63) is 18.2 Å². The Morgan fingerprint density at radius 3 is 2.94 bits per heavy atom. The van der Waals surface area contributed by atoms with Gasteiger partial charge in [0, 0.05) is 12.2 Å². The second-order valence-electron chi connectivity index (χ2n) is 5.17. The molecule has 2 unspecified atom stereocenters. The van der Waals surface area contributed by atoms with Gasteiger partial charge in [0.25, 0.3) is 0 Å². The fraction of sp³-hybridized carbons (Fsp3) is 0.750. The summed E-state index contributed by atoms with van der Waals surface area (Å²) >= 11 is 0. The molecule has 16 heavy (non-hydrogen) atoms. The molecular formula is C12H20N4. The van der Waals surface area contributed by atoms with Crippen LogP contribution in [0.4, 0.5) is 0 Å². The van der Waals surface area contributed by atoms with E-state index in [1.807, 2.05) is 12.5 Å². The van der Waals surface area contributed by atoms with Crippen molar-refractivity contribution in [3.63, 3.8) is 0 Å². The van der Waals surface area contributed by atoms with Crippen LogP contribution in [0.5, 0.6) is 0 Å². The van der Waals surface area contributed by atoms with E-state index in [9.17, 15) is 0 Å². The quantitative estimate of drug-likeness (QED) is 0.831. The minimum atomic E-state index is 0.480. The summed E-state index contributed by atoms with van der Waals surface area (Å²) in [6.07, 6.45) is 7.87. The molecule has 0 spiro atoms. The van der Waals surface area contributed by atoms with Gasteiger partial charge in [0.15, 0.2) is 0 Å². The highest BCUT2D eigenvalue weighted by molar-refractivity contribution is 5.12. The van der Waals surface area contributed by atoms with Crippen molar-refractivity contribution < 1.29 is 0 Å². The summed E-state index contributed by atoms with van der Waals surface area (Å²) in [5, 5.41) is 0. The number of rotatable bonds is 3. The molecule has 1 aromatic rings. The van der Waals surface area contributed by atoms with E-state index >= 15 is 0 Å². The van der Waals surface area contributed by atoms with Gasteiger partial charge in [-0.3, -0.25) is 4.90 Å². The van der Waals surface area contributed by atoms with Crippen LogP contribution in [0.2, 0.25) is 0 Å². The molecule has 1 aliphatic carbocycles. The van der Waals surface area contributed by atoms with Gasteiger partial charge in [-0.05, 0) is 45.3 Å². The van der Waals surface area contributed by atoms with Crippen molar-refractivity contribution >= 4 is 0 Å². The maximum absolute atomic E-state index is 5.88. The third kappa shape index (κ3) is 1.57. The topological polar surface area (TPSA) is 47.1 Å². The minimum Gasteiger partial charge on any atom is -0.330 e. The Hall–Kier alpha value is -0.870. The normalized spacial score (nSPS) is 31.1. The summed E-state index contributed by atoms with van der Waals surface area (Å²) in [6, 6.07) is 1.19. The SMILES string of the molecule is CN1CCC(CN)C1c1cncn1C1CC1. The molecule has 1 saturated carbocycles. The Morgan fingerprint density at radius 1 is 1.44 bits per heavy atom. The molecule has 1 aromatic heterocycles. The third-order valence-electron chi connectivity index (χ3n) is 4.02. The molecule has 0 radical (unpaired) electrons. The molecule has 1 saturated heterocycles. The number of imidazole rings is 1. The van der Waals surface area contributed by atoms with Gasteiger partial charge in [-0.25, -0.2) is 4.98 Å². The first-order chi connectivity index (χ1) is 7.81. The van der Waals surface area contributed by atoms with Crippen molar-refractivity contribution in [2.75, 3.05) is 20.1 Å². The summed E-state index contributed by atoms with van der Waals surface area (Å²) in [4.78, 5) is 6.75. The molecule has 0 aromatic carbocycles. The average molecular weight is 220 g/mol. The molecule has 88 valence electrons. The molecular weight excluding hydrogens is 200 g/mol. The molecule has 2 fully saturated rings. The van der Waals surface area contributed by atoms with Gasteiger partial charge in [0.2, 0.25) is 0 Å². The fourth-order valence-corrected chi connectivity index (χ4v) is 2.94. The number of likely N-dealkylation sites (tertiary alicyclic amines) is 1. The maximum atomic E-state index is 5.88. The third-order valence-corrected chi connectivity index (χ3v) is 4.02. The van der Waals surface area contributed by atoms with Gasteiger partial charge in [0.1, 0.15) is 0 Å².